The Balaban J connectivity index is 0.000000212. The number of para-hydroxylation sites is 1. The number of anilines is 1. The molecule has 0 atom stereocenters. The predicted molar refractivity (Wildman–Crippen MR) is 64.9 cm³/mol. The maximum absolute atomic E-state index is 3.42. The van der Waals surface area contributed by atoms with Crippen LogP contribution in [0.4, 0.5) is 5.69 Å². The van der Waals surface area contributed by atoms with Gasteiger partial charge in [-0.25, -0.2) is 5.01 Å². The molecule has 0 radical (unpaired) electrons. The Kier molecular flexibility index (Phi) is 5.01. The first-order valence-electron chi connectivity index (χ1n) is 4.98. The fourth-order valence-corrected chi connectivity index (χ4v) is 1.04. The van der Waals surface area contributed by atoms with E-state index in [-0.39, 0.29) is 0 Å². The second-order valence-electron chi connectivity index (χ2n) is 3.37. The summed E-state index contributed by atoms with van der Waals surface area (Å²) in [6.45, 7) is 0. The number of nitrogens with zero attached hydrogens (tertiary/aromatic N) is 4. The molecule has 5 nitrogen and oxygen atoms in total. The average Bonchev–Trinajstić information content (AvgIpc) is 2.88. The van der Waals surface area contributed by atoms with Crippen LogP contribution in [0, 0.1) is 0 Å². The van der Waals surface area contributed by atoms with E-state index in [1.54, 1.807) is 12.4 Å². The third kappa shape index (κ3) is 4.10. The van der Waals surface area contributed by atoms with E-state index in [0.29, 0.717) is 0 Å². The fraction of sp³-hybridized carbons (Fsp3) is 0.273. The minimum absolute atomic E-state index is 1.21. The number of hydrogen-bond acceptors (Lipinski definition) is 4. The van der Waals surface area contributed by atoms with E-state index >= 15 is 0 Å². The molecule has 0 spiro atoms. The summed E-state index contributed by atoms with van der Waals surface area (Å²) in [5.74, 6) is 0. The predicted octanol–water partition coefficient (Wildman–Crippen LogP) is 1.40. The lowest BCUT2D eigenvalue weighted by Gasteiger charge is -2.26. The van der Waals surface area contributed by atoms with Crippen molar-refractivity contribution in [2.24, 2.45) is 0 Å². The Morgan fingerprint density at radius 1 is 1.06 bits per heavy atom. The molecule has 0 aliphatic rings. The van der Waals surface area contributed by atoms with Crippen molar-refractivity contribution in [2.75, 3.05) is 26.2 Å². The Morgan fingerprint density at radius 3 is 2.12 bits per heavy atom. The first-order valence-corrected chi connectivity index (χ1v) is 4.98. The summed E-state index contributed by atoms with van der Waals surface area (Å²) >= 11 is 0. The minimum Gasteiger partial charge on any atom is -0.309 e. The minimum atomic E-state index is 1.21. The highest BCUT2D eigenvalue weighted by Gasteiger charge is 1.99. The van der Waals surface area contributed by atoms with E-state index in [0.717, 1.165) is 0 Å². The summed E-state index contributed by atoms with van der Waals surface area (Å²) in [7, 11) is 6.08. The number of nitrogens with one attached hydrogen (secondary N) is 1. The summed E-state index contributed by atoms with van der Waals surface area (Å²) in [5.41, 5.74) is 1.21. The lowest BCUT2D eigenvalue weighted by atomic mass is 10.3. The number of hydrazine groups is 1. The molecule has 2 aromatic rings. The number of aromatic amines is 1. The highest BCUT2D eigenvalue weighted by atomic mass is 15.6. The maximum atomic E-state index is 3.42. The van der Waals surface area contributed by atoms with Crippen LogP contribution in [0.25, 0.3) is 0 Å². The van der Waals surface area contributed by atoms with Crippen molar-refractivity contribution in [1.29, 1.82) is 0 Å². The van der Waals surface area contributed by atoms with Crippen molar-refractivity contribution in [2.45, 2.75) is 0 Å². The standard InChI is InChI=1S/C9H14N2.C2H3N3/c1-10(2)11(3)9-7-5-4-6-8-9;1-2-4-5-3-1/h4-8H,1-3H3;1-2H,(H,3,4,5). The zero-order valence-corrected chi connectivity index (χ0v) is 9.83. The van der Waals surface area contributed by atoms with Gasteiger partial charge in [-0.05, 0) is 12.1 Å². The number of hydrogen-bond donors (Lipinski definition) is 1. The Morgan fingerprint density at radius 2 is 1.75 bits per heavy atom. The molecule has 1 N–H and O–H groups in total. The summed E-state index contributed by atoms with van der Waals surface area (Å²) in [6, 6.07) is 10.3. The van der Waals surface area contributed by atoms with E-state index in [4.69, 9.17) is 0 Å². The SMILES string of the molecule is CN(C)N(C)c1ccccc1.c1c[nH]nn1. The van der Waals surface area contributed by atoms with Crippen LogP contribution in [0.15, 0.2) is 42.7 Å². The van der Waals surface area contributed by atoms with Gasteiger partial charge in [-0.15, -0.1) is 5.10 Å². The number of benzene rings is 1. The molecule has 86 valence electrons. The van der Waals surface area contributed by atoms with Crippen LogP contribution < -0.4 is 5.01 Å². The van der Waals surface area contributed by atoms with Crippen molar-refractivity contribution in [3.8, 4) is 0 Å². The molecule has 0 unspecified atom stereocenters. The molecule has 0 saturated heterocycles. The summed E-state index contributed by atoms with van der Waals surface area (Å²) in [5, 5.41) is 13.4. The van der Waals surface area contributed by atoms with Gasteiger partial charge in [-0.1, -0.05) is 23.4 Å². The Labute approximate surface area is 95.7 Å². The highest BCUT2D eigenvalue weighted by molar-refractivity contribution is 5.43. The molecule has 0 fully saturated rings. The monoisotopic (exact) mass is 219 g/mol. The van der Waals surface area contributed by atoms with Crippen molar-refractivity contribution in [3.63, 3.8) is 0 Å². The molecular formula is C11H17N5. The second kappa shape index (κ2) is 6.58. The van der Waals surface area contributed by atoms with Crippen LogP contribution in [0.3, 0.4) is 0 Å². The number of rotatable bonds is 2. The van der Waals surface area contributed by atoms with Crippen molar-refractivity contribution in [3.05, 3.63) is 42.7 Å². The van der Waals surface area contributed by atoms with E-state index in [1.165, 1.54) is 5.69 Å². The van der Waals surface area contributed by atoms with E-state index in [2.05, 4.69) is 32.6 Å². The lowest BCUT2D eigenvalue weighted by molar-refractivity contribution is 0.397. The molecule has 5 heteroatoms. The van der Waals surface area contributed by atoms with E-state index in [9.17, 15) is 0 Å². The second-order valence-corrected chi connectivity index (χ2v) is 3.37. The van der Waals surface area contributed by atoms with Crippen molar-refractivity contribution >= 4 is 5.69 Å². The Bertz CT molecular complexity index is 340. The third-order valence-electron chi connectivity index (χ3n) is 2.06. The molecule has 0 aliphatic carbocycles. The molecule has 0 amide bonds. The van der Waals surface area contributed by atoms with Crippen molar-refractivity contribution in [1.82, 2.24) is 20.4 Å². The largest absolute Gasteiger partial charge is 0.309 e. The Hall–Kier alpha value is -1.88. The lowest BCUT2D eigenvalue weighted by Crippen LogP contribution is -2.32. The van der Waals surface area contributed by atoms with E-state index < -0.39 is 0 Å². The van der Waals surface area contributed by atoms with Gasteiger partial charge in [0.25, 0.3) is 0 Å². The normalized spacial score (nSPS) is 9.50. The first kappa shape index (κ1) is 12.2. The van der Waals surface area contributed by atoms with Crippen LogP contribution in [0.5, 0.6) is 0 Å². The molecule has 0 bridgehead atoms. The zero-order chi connectivity index (χ0) is 11.8. The van der Waals surface area contributed by atoms with Gasteiger partial charge in [0.1, 0.15) is 0 Å². The molecule has 1 heterocycles. The van der Waals surface area contributed by atoms with Crippen LogP contribution in [0.1, 0.15) is 0 Å². The molecule has 1 aromatic carbocycles. The summed E-state index contributed by atoms with van der Waals surface area (Å²) < 4.78 is 0. The van der Waals surface area contributed by atoms with Crippen molar-refractivity contribution < 1.29 is 0 Å². The average molecular weight is 219 g/mol. The van der Waals surface area contributed by atoms with Gasteiger partial charge < -0.3 is 5.01 Å². The fourth-order valence-electron chi connectivity index (χ4n) is 1.04. The van der Waals surface area contributed by atoms with Gasteiger partial charge in [-0.2, -0.15) is 0 Å². The molecule has 2 rings (SSSR count). The molecular weight excluding hydrogens is 202 g/mol. The maximum Gasteiger partial charge on any atom is 0.0690 e. The van der Waals surface area contributed by atoms with Gasteiger partial charge in [0.15, 0.2) is 0 Å². The van der Waals surface area contributed by atoms with Crippen LogP contribution >= 0.6 is 0 Å². The van der Waals surface area contributed by atoms with Crippen LogP contribution in [-0.4, -0.2) is 41.6 Å². The van der Waals surface area contributed by atoms with Gasteiger partial charge >= 0.3 is 0 Å². The van der Waals surface area contributed by atoms with Gasteiger partial charge in [0.05, 0.1) is 11.9 Å². The summed E-state index contributed by atoms with van der Waals surface area (Å²) in [4.78, 5) is 0. The molecule has 0 aliphatic heterocycles. The van der Waals surface area contributed by atoms with Crippen LogP contribution in [0.2, 0.25) is 0 Å². The first-order chi connectivity index (χ1) is 7.72. The number of aromatic nitrogens is 3. The third-order valence-corrected chi connectivity index (χ3v) is 2.06. The number of H-pyrrole nitrogens is 1. The highest BCUT2D eigenvalue weighted by Crippen LogP contribution is 2.10. The van der Waals surface area contributed by atoms with Gasteiger partial charge in [-0.3, -0.25) is 5.10 Å². The van der Waals surface area contributed by atoms with Crippen LogP contribution in [-0.2, 0) is 0 Å². The summed E-state index contributed by atoms with van der Waals surface area (Å²) in [6.07, 6.45) is 3.24. The van der Waals surface area contributed by atoms with Gasteiger partial charge in [0.2, 0.25) is 0 Å². The molecule has 16 heavy (non-hydrogen) atoms. The van der Waals surface area contributed by atoms with E-state index in [1.807, 2.05) is 44.4 Å². The van der Waals surface area contributed by atoms with Gasteiger partial charge in [0, 0.05) is 27.3 Å². The quantitative estimate of drug-likeness (QED) is 0.776. The zero-order valence-electron chi connectivity index (χ0n) is 9.83. The molecule has 0 saturated carbocycles. The molecule has 1 aromatic heterocycles. The topological polar surface area (TPSA) is 48.0 Å². The smallest absolute Gasteiger partial charge is 0.0690 e.